The molecule has 1 aliphatic heterocycles. The molecule has 1 aromatic heterocycles. The van der Waals surface area contributed by atoms with Gasteiger partial charge in [-0.3, -0.25) is 4.90 Å². The molecule has 0 radical (unpaired) electrons. The molecule has 0 spiro atoms. The van der Waals surface area contributed by atoms with Crippen LogP contribution in [0, 0.1) is 0 Å². The van der Waals surface area contributed by atoms with E-state index in [1.165, 1.54) is 0 Å². The van der Waals surface area contributed by atoms with Crippen molar-refractivity contribution in [1.82, 2.24) is 14.9 Å². The molecule has 1 fully saturated rings. The van der Waals surface area contributed by atoms with Crippen molar-refractivity contribution in [1.29, 1.82) is 0 Å². The Kier molecular flexibility index (Phi) is 5.16. The average Bonchev–Trinajstić information content (AvgIpc) is 2.41. The summed E-state index contributed by atoms with van der Waals surface area (Å²) in [6.07, 6.45) is 1.58. The molecule has 2 rings (SSSR count). The third-order valence-electron chi connectivity index (χ3n) is 2.86. The molecule has 2 heterocycles. The van der Waals surface area contributed by atoms with Crippen LogP contribution in [-0.4, -0.2) is 60.8 Å². The first-order chi connectivity index (χ1) is 8.88. The van der Waals surface area contributed by atoms with E-state index in [-0.39, 0.29) is 0 Å². The normalized spacial score (nSPS) is 16.5. The van der Waals surface area contributed by atoms with E-state index in [9.17, 15) is 0 Å². The first-order valence-electron chi connectivity index (χ1n) is 6.48. The van der Waals surface area contributed by atoms with Gasteiger partial charge in [0.15, 0.2) is 0 Å². The van der Waals surface area contributed by atoms with Gasteiger partial charge in [0.2, 0.25) is 0 Å². The van der Waals surface area contributed by atoms with E-state index in [1.54, 1.807) is 6.33 Å². The minimum absolute atomic E-state index is 0.845. The third-order valence-corrected chi connectivity index (χ3v) is 2.86. The van der Waals surface area contributed by atoms with Gasteiger partial charge >= 0.3 is 0 Å². The lowest BCUT2D eigenvalue weighted by molar-refractivity contribution is 0.0398. The van der Waals surface area contributed by atoms with Gasteiger partial charge in [0.25, 0.3) is 0 Å². The highest BCUT2D eigenvalue weighted by Crippen LogP contribution is 2.07. The fraction of sp³-hybridized carbons (Fsp3) is 0.667. The van der Waals surface area contributed by atoms with Crippen molar-refractivity contribution in [2.45, 2.75) is 6.92 Å². The fourth-order valence-electron chi connectivity index (χ4n) is 1.90. The molecule has 0 aliphatic carbocycles. The predicted molar refractivity (Wildman–Crippen MR) is 71.9 cm³/mol. The highest BCUT2D eigenvalue weighted by molar-refractivity contribution is 5.46. The smallest absolute Gasteiger partial charge is 0.131 e. The second-order valence-corrected chi connectivity index (χ2v) is 4.20. The maximum atomic E-state index is 5.32. The molecule has 1 saturated heterocycles. The number of aromatic nitrogens is 2. The quantitative estimate of drug-likeness (QED) is 0.774. The third kappa shape index (κ3) is 4.12. The van der Waals surface area contributed by atoms with E-state index in [2.05, 4.69) is 25.5 Å². The van der Waals surface area contributed by atoms with Gasteiger partial charge in [-0.05, 0) is 6.92 Å². The molecule has 0 atom stereocenters. The largest absolute Gasteiger partial charge is 0.379 e. The van der Waals surface area contributed by atoms with E-state index in [0.29, 0.717) is 0 Å². The van der Waals surface area contributed by atoms with Crippen LogP contribution in [0.15, 0.2) is 12.4 Å². The summed E-state index contributed by atoms with van der Waals surface area (Å²) in [4.78, 5) is 10.7. The van der Waals surface area contributed by atoms with Crippen molar-refractivity contribution in [3.63, 3.8) is 0 Å². The molecule has 0 aromatic carbocycles. The van der Waals surface area contributed by atoms with Crippen molar-refractivity contribution >= 4 is 11.6 Å². The standard InChI is InChI=1S/C12H21N5O/c1-2-13-11-9-12(16-10-15-11)14-3-4-17-5-7-18-8-6-17/h9-10H,2-8H2,1H3,(H2,13,14,15,16). The zero-order chi connectivity index (χ0) is 12.6. The zero-order valence-electron chi connectivity index (χ0n) is 10.9. The summed E-state index contributed by atoms with van der Waals surface area (Å²) in [6, 6.07) is 1.93. The molecule has 2 N–H and O–H groups in total. The summed E-state index contributed by atoms with van der Waals surface area (Å²) in [5, 5.41) is 6.49. The van der Waals surface area contributed by atoms with E-state index in [0.717, 1.165) is 57.6 Å². The van der Waals surface area contributed by atoms with Gasteiger partial charge in [0, 0.05) is 38.8 Å². The van der Waals surface area contributed by atoms with Gasteiger partial charge in [-0.15, -0.1) is 0 Å². The van der Waals surface area contributed by atoms with Crippen LogP contribution in [-0.2, 0) is 4.74 Å². The Labute approximate surface area is 108 Å². The van der Waals surface area contributed by atoms with Gasteiger partial charge in [-0.2, -0.15) is 0 Å². The minimum atomic E-state index is 0.845. The Morgan fingerprint density at radius 1 is 1.22 bits per heavy atom. The number of rotatable bonds is 6. The lowest BCUT2D eigenvalue weighted by Gasteiger charge is -2.26. The number of hydrogen-bond donors (Lipinski definition) is 2. The Bertz CT molecular complexity index is 354. The monoisotopic (exact) mass is 251 g/mol. The molecule has 0 saturated carbocycles. The minimum Gasteiger partial charge on any atom is -0.379 e. The van der Waals surface area contributed by atoms with Crippen LogP contribution in [0.25, 0.3) is 0 Å². The fourth-order valence-corrected chi connectivity index (χ4v) is 1.90. The van der Waals surface area contributed by atoms with Crippen LogP contribution < -0.4 is 10.6 Å². The van der Waals surface area contributed by atoms with Crippen molar-refractivity contribution in [2.75, 3.05) is 56.6 Å². The summed E-state index contributed by atoms with van der Waals surface area (Å²) in [7, 11) is 0. The Morgan fingerprint density at radius 2 is 1.94 bits per heavy atom. The molecule has 1 aromatic rings. The summed E-state index contributed by atoms with van der Waals surface area (Å²) >= 11 is 0. The van der Waals surface area contributed by atoms with E-state index in [4.69, 9.17) is 4.74 Å². The van der Waals surface area contributed by atoms with E-state index >= 15 is 0 Å². The number of nitrogens with zero attached hydrogens (tertiary/aromatic N) is 3. The molecule has 1 aliphatic rings. The summed E-state index contributed by atoms with van der Waals surface area (Å²) in [5.41, 5.74) is 0. The second-order valence-electron chi connectivity index (χ2n) is 4.20. The van der Waals surface area contributed by atoms with Crippen LogP contribution in [0.2, 0.25) is 0 Å². The molecular weight excluding hydrogens is 230 g/mol. The van der Waals surface area contributed by atoms with Crippen LogP contribution in [0.4, 0.5) is 11.6 Å². The highest BCUT2D eigenvalue weighted by Gasteiger charge is 2.09. The first-order valence-corrected chi connectivity index (χ1v) is 6.48. The summed E-state index contributed by atoms with van der Waals surface area (Å²) < 4.78 is 5.32. The topological polar surface area (TPSA) is 62.3 Å². The lowest BCUT2D eigenvalue weighted by atomic mass is 10.4. The van der Waals surface area contributed by atoms with Gasteiger partial charge < -0.3 is 15.4 Å². The van der Waals surface area contributed by atoms with Crippen LogP contribution in [0.3, 0.4) is 0 Å². The van der Waals surface area contributed by atoms with Crippen molar-refractivity contribution in [2.24, 2.45) is 0 Å². The number of morpholine rings is 1. The zero-order valence-corrected chi connectivity index (χ0v) is 10.9. The van der Waals surface area contributed by atoms with Gasteiger partial charge in [0.1, 0.15) is 18.0 Å². The van der Waals surface area contributed by atoms with Crippen molar-refractivity contribution in [3.05, 3.63) is 12.4 Å². The molecular formula is C12H21N5O. The van der Waals surface area contributed by atoms with Crippen molar-refractivity contribution in [3.8, 4) is 0 Å². The molecule has 6 nitrogen and oxygen atoms in total. The molecule has 0 unspecified atom stereocenters. The predicted octanol–water partition coefficient (Wildman–Crippen LogP) is 0.652. The number of hydrogen-bond acceptors (Lipinski definition) is 6. The molecule has 6 heteroatoms. The van der Waals surface area contributed by atoms with Crippen LogP contribution >= 0.6 is 0 Å². The van der Waals surface area contributed by atoms with Gasteiger partial charge in [0.05, 0.1) is 13.2 Å². The van der Waals surface area contributed by atoms with Crippen LogP contribution in [0.1, 0.15) is 6.92 Å². The number of anilines is 2. The Balaban J connectivity index is 1.73. The van der Waals surface area contributed by atoms with Crippen LogP contribution in [0.5, 0.6) is 0 Å². The number of nitrogens with one attached hydrogen (secondary N) is 2. The second kappa shape index (κ2) is 7.13. The number of ether oxygens (including phenoxy) is 1. The average molecular weight is 251 g/mol. The van der Waals surface area contributed by atoms with Gasteiger partial charge in [-0.25, -0.2) is 9.97 Å². The Hall–Kier alpha value is -1.40. The molecule has 0 amide bonds. The summed E-state index contributed by atoms with van der Waals surface area (Å²) in [5.74, 6) is 1.73. The van der Waals surface area contributed by atoms with Gasteiger partial charge in [-0.1, -0.05) is 0 Å². The lowest BCUT2D eigenvalue weighted by Crippen LogP contribution is -2.39. The molecule has 18 heavy (non-hydrogen) atoms. The Morgan fingerprint density at radius 3 is 2.67 bits per heavy atom. The molecule has 0 bridgehead atoms. The van der Waals surface area contributed by atoms with E-state index in [1.807, 2.05) is 13.0 Å². The highest BCUT2D eigenvalue weighted by atomic mass is 16.5. The first kappa shape index (κ1) is 13.0. The maximum Gasteiger partial charge on any atom is 0.131 e. The SMILES string of the molecule is CCNc1cc(NCCN2CCOCC2)ncn1. The molecule has 100 valence electrons. The van der Waals surface area contributed by atoms with Crippen molar-refractivity contribution < 1.29 is 4.74 Å². The van der Waals surface area contributed by atoms with E-state index < -0.39 is 0 Å². The maximum absolute atomic E-state index is 5.32. The summed E-state index contributed by atoms with van der Waals surface area (Å²) in [6.45, 7) is 8.56.